The maximum absolute atomic E-state index is 13.7. The molecule has 4 N–H and O–H groups in total. The summed E-state index contributed by atoms with van der Waals surface area (Å²) >= 11 is 0. The summed E-state index contributed by atoms with van der Waals surface area (Å²) in [7, 11) is 0. The van der Waals surface area contributed by atoms with Gasteiger partial charge in [0.1, 0.15) is 0 Å². The highest BCUT2D eigenvalue weighted by molar-refractivity contribution is 5.87. The number of nitrogens with zero attached hydrogens (tertiary/aromatic N) is 3. The summed E-state index contributed by atoms with van der Waals surface area (Å²) < 4.78 is 12.8. The van der Waals surface area contributed by atoms with E-state index >= 15 is 0 Å². The predicted octanol–water partition coefficient (Wildman–Crippen LogP) is 4.00. The molecule has 1 aromatic heterocycles. The van der Waals surface area contributed by atoms with Crippen LogP contribution in [0.2, 0.25) is 0 Å². The Balaban J connectivity index is 1.42. The molecule has 10 nitrogen and oxygen atoms in total. The second-order valence-corrected chi connectivity index (χ2v) is 11.3. The van der Waals surface area contributed by atoms with Gasteiger partial charge in [-0.2, -0.15) is 0 Å². The molecule has 0 radical (unpaired) electrons. The number of aromatic nitrogens is 1. The number of carbonyl (C=O) groups is 2. The van der Waals surface area contributed by atoms with Gasteiger partial charge in [0.15, 0.2) is 17.4 Å². The summed E-state index contributed by atoms with van der Waals surface area (Å²) in [6.07, 6.45) is 5.94. The van der Waals surface area contributed by atoms with Crippen LogP contribution in [0.4, 0.5) is 0 Å². The van der Waals surface area contributed by atoms with Crippen LogP contribution in [0, 0.1) is 5.92 Å². The molecule has 0 spiro atoms. The minimum Gasteiger partial charge on any atom is -0.494 e. The van der Waals surface area contributed by atoms with Gasteiger partial charge in [-0.1, -0.05) is 37.6 Å². The predicted molar refractivity (Wildman–Crippen MR) is 160 cm³/mol. The fourth-order valence-electron chi connectivity index (χ4n) is 6.40. The van der Waals surface area contributed by atoms with Crippen LogP contribution >= 0.6 is 0 Å². The van der Waals surface area contributed by atoms with Crippen LogP contribution in [0.15, 0.2) is 48.7 Å². The standard InChI is InChI=1S/C32H42N4O6/c1-2-3-14-34(15-7-6-13-33)29(37)20-36-19-25(22-10-11-27-28(17-22)42-21-41-27)30(32(39)40)26(36)12-16-35-18-23-8-4-5-9-24(23)31(35)38/h4-5,8-11,17-18,25-26,30,38H,2-3,6-7,12-16,19-21,33H2,1H3,(H,39,40)/t25-,26+,30-/m1/s1. The van der Waals surface area contributed by atoms with Gasteiger partial charge in [-0.15, -0.1) is 0 Å². The number of unbranched alkanes of at least 4 members (excludes halogenated alkanes) is 2. The van der Waals surface area contributed by atoms with Gasteiger partial charge in [-0.3, -0.25) is 14.5 Å². The number of aromatic hydroxyl groups is 1. The molecule has 3 atom stereocenters. The molecule has 1 saturated heterocycles. The monoisotopic (exact) mass is 578 g/mol. The number of aliphatic carboxylic acids is 1. The molecule has 3 heterocycles. The molecule has 226 valence electrons. The van der Waals surface area contributed by atoms with E-state index in [1.165, 1.54) is 0 Å². The van der Waals surface area contributed by atoms with E-state index in [9.17, 15) is 19.8 Å². The lowest BCUT2D eigenvalue weighted by Crippen LogP contribution is -2.45. The fourth-order valence-corrected chi connectivity index (χ4v) is 6.40. The first-order valence-electron chi connectivity index (χ1n) is 15.0. The van der Waals surface area contributed by atoms with Crippen molar-refractivity contribution < 1.29 is 29.3 Å². The van der Waals surface area contributed by atoms with Crippen molar-refractivity contribution in [1.29, 1.82) is 0 Å². The van der Waals surface area contributed by atoms with E-state index in [1.54, 1.807) is 4.57 Å². The Morgan fingerprint density at radius 3 is 2.62 bits per heavy atom. The summed E-state index contributed by atoms with van der Waals surface area (Å²) in [5.74, 6) is -0.555. The third-order valence-electron chi connectivity index (χ3n) is 8.65. The highest BCUT2D eigenvalue weighted by Gasteiger charge is 2.47. The third-order valence-corrected chi connectivity index (χ3v) is 8.65. The number of amides is 1. The van der Waals surface area contributed by atoms with Crippen LogP contribution in [-0.4, -0.2) is 82.0 Å². The molecule has 2 aliphatic rings. The average Bonchev–Trinajstić information content (AvgIpc) is 3.69. The van der Waals surface area contributed by atoms with E-state index in [0.717, 1.165) is 42.0 Å². The normalized spacial score (nSPS) is 19.9. The second kappa shape index (κ2) is 13.5. The molecule has 5 rings (SSSR count). The number of carboxylic acids is 1. The molecule has 0 bridgehead atoms. The number of rotatable bonds is 14. The van der Waals surface area contributed by atoms with Crippen molar-refractivity contribution in [2.24, 2.45) is 11.7 Å². The zero-order valence-electron chi connectivity index (χ0n) is 24.3. The lowest BCUT2D eigenvalue weighted by atomic mass is 9.84. The third kappa shape index (κ3) is 6.34. The molecule has 0 saturated carbocycles. The summed E-state index contributed by atoms with van der Waals surface area (Å²) in [6, 6.07) is 12.8. The fraction of sp³-hybridized carbons (Fsp3) is 0.500. The second-order valence-electron chi connectivity index (χ2n) is 11.3. The van der Waals surface area contributed by atoms with Crippen LogP contribution in [0.25, 0.3) is 10.8 Å². The largest absolute Gasteiger partial charge is 0.494 e. The van der Waals surface area contributed by atoms with E-state index < -0.39 is 17.9 Å². The maximum Gasteiger partial charge on any atom is 0.308 e. The number of carboxylic acid groups (broad SMARTS) is 1. The van der Waals surface area contributed by atoms with Gasteiger partial charge in [0.2, 0.25) is 12.7 Å². The molecule has 0 aliphatic carbocycles. The number of likely N-dealkylation sites (tertiary alicyclic amines) is 1. The molecule has 0 unspecified atom stereocenters. The van der Waals surface area contributed by atoms with Crippen molar-refractivity contribution in [1.82, 2.24) is 14.4 Å². The molecule has 1 amide bonds. The van der Waals surface area contributed by atoms with Gasteiger partial charge >= 0.3 is 5.97 Å². The Labute approximate surface area is 246 Å². The Morgan fingerprint density at radius 1 is 1.07 bits per heavy atom. The first-order chi connectivity index (χ1) is 20.4. The number of carbonyl (C=O) groups excluding carboxylic acids is 1. The van der Waals surface area contributed by atoms with E-state index in [2.05, 4.69) is 6.92 Å². The van der Waals surface area contributed by atoms with E-state index in [-0.39, 0.29) is 31.0 Å². The number of aryl methyl sites for hydroxylation is 1. The first-order valence-corrected chi connectivity index (χ1v) is 15.0. The van der Waals surface area contributed by atoms with Crippen LogP contribution in [-0.2, 0) is 16.1 Å². The molecular formula is C32H42N4O6. The van der Waals surface area contributed by atoms with Crippen molar-refractivity contribution in [2.75, 3.05) is 39.5 Å². The van der Waals surface area contributed by atoms with Crippen LogP contribution in [0.1, 0.15) is 50.5 Å². The van der Waals surface area contributed by atoms with Gasteiger partial charge in [0.05, 0.1) is 12.5 Å². The number of hydrogen-bond acceptors (Lipinski definition) is 7. The van der Waals surface area contributed by atoms with Crippen molar-refractivity contribution in [3.05, 3.63) is 54.2 Å². The van der Waals surface area contributed by atoms with Crippen LogP contribution in [0.5, 0.6) is 17.4 Å². The lowest BCUT2D eigenvalue weighted by Gasteiger charge is -2.30. The SMILES string of the molecule is CCCCN(CCCCN)C(=O)CN1C[C@H](c2ccc3c(c2)OCO3)[C@@H](C(=O)O)[C@@H]1CCn1cc2ccccc2c1O. The first kappa shape index (κ1) is 29.7. The number of ether oxygens (including phenoxy) is 2. The lowest BCUT2D eigenvalue weighted by molar-refractivity contribution is -0.144. The van der Waals surface area contributed by atoms with Crippen LogP contribution < -0.4 is 15.2 Å². The number of nitrogens with two attached hydrogens (primary N) is 1. The molecule has 42 heavy (non-hydrogen) atoms. The Morgan fingerprint density at radius 2 is 1.86 bits per heavy atom. The minimum atomic E-state index is -0.898. The summed E-state index contributed by atoms with van der Waals surface area (Å²) in [5, 5.41) is 23.1. The maximum atomic E-state index is 13.7. The molecular weight excluding hydrogens is 536 g/mol. The van der Waals surface area contributed by atoms with Gasteiger partial charge in [-0.25, -0.2) is 0 Å². The summed E-state index contributed by atoms with van der Waals surface area (Å²) in [4.78, 5) is 30.5. The molecule has 1 fully saturated rings. The number of fused-ring (bicyclic) bond motifs is 2. The molecule has 2 aliphatic heterocycles. The van der Waals surface area contributed by atoms with Crippen molar-refractivity contribution >= 4 is 22.6 Å². The highest BCUT2D eigenvalue weighted by Crippen LogP contribution is 2.43. The van der Waals surface area contributed by atoms with E-state index in [1.807, 2.05) is 58.5 Å². The topological polar surface area (TPSA) is 130 Å². The van der Waals surface area contributed by atoms with Gasteiger partial charge in [-0.05, 0) is 56.0 Å². The van der Waals surface area contributed by atoms with E-state index in [4.69, 9.17) is 15.2 Å². The van der Waals surface area contributed by atoms with Gasteiger partial charge in [0, 0.05) is 55.1 Å². The quantitative estimate of drug-likeness (QED) is 0.245. The minimum absolute atomic E-state index is 0.00972. The summed E-state index contributed by atoms with van der Waals surface area (Å²) in [6.45, 7) is 5.14. The average molecular weight is 579 g/mol. The van der Waals surface area contributed by atoms with Gasteiger partial charge < -0.3 is 34.9 Å². The van der Waals surface area contributed by atoms with Crippen molar-refractivity contribution in [3.63, 3.8) is 0 Å². The van der Waals surface area contributed by atoms with Crippen molar-refractivity contribution in [2.45, 2.75) is 57.5 Å². The molecule has 10 heteroatoms. The number of hydrogen-bond donors (Lipinski definition) is 3. The zero-order chi connectivity index (χ0) is 29.6. The Bertz CT molecular complexity index is 1390. The van der Waals surface area contributed by atoms with Crippen molar-refractivity contribution in [3.8, 4) is 17.4 Å². The summed E-state index contributed by atoms with van der Waals surface area (Å²) in [5.41, 5.74) is 6.56. The highest BCUT2D eigenvalue weighted by atomic mass is 16.7. The van der Waals surface area contributed by atoms with E-state index in [0.29, 0.717) is 50.6 Å². The smallest absolute Gasteiger partial charge is 0.308 e. The number of benzene rings is 2. The molecule has 2 aromatic carbocycles. The van der Waals surface area contributed by atoms with Crippen LogP contribution in [0.3, 0.4) is 0 Å². The Hall–Kier alpha value is -3.76. The Kier molecular flexibility index (Phi) is 9.54. The van der Waals surface area contributed by atoms with Gasteiger partial charge in [0.25, 0.3) is 0 Å². The molecule has 3 aromatic rings. The zero-order valence-corrected chi connectivity index (χ0v) is 24.3.